The molecule has 0 unspecified atom stereocenters. The molecule has 0 saturated carbocycles. The van der Waals surface area contributed by atoms with Crippen LogP contribution in [0, 0.1) is 6.92 Å². The molecule has 136 valence electrons. The van der Waals surface area contributed by atoms with Crippen molar-refractivity contribution >= 4 is 0 Å². The van der Waals surface area contributed by atoms with Gasteiger partial charge in [0.2, 0.25) is 5.89 Å². The van der Waals surface area contributed by atoms with Crippen LogP contribution in [0.15, 0.2) is 28.7 Å². The summed E-state index contributed by atoms with van der Waals surface area (Å²) in [5.74, 6) is 2.33. The lowest BCUT2D eigenvalue weighted by atomic mass is 10.0. The van der Waals surface area contributed by atoms with E-state index >= 15 is 0 Å². The minimum absolute atomic E-state index is 0.467. The summed E-state index contributed by atoms with van der Waals surface area (Å²) < 4.78 is 17.1. The fraction of sp³-hybridized carbons (Fsp3) is 0.550. The van der Waals surface area contributed by atoms with Gasteiger partial charge in [0.05, 0.1) is 24.5 Å². The van der Waals surface area contributed by atoms with Crippen LogP contribution in [0.5, 0.6) is 5.75 Å². The van der Waals surface area contributed by atoms with E-state index in [1.165, 1.54) is 19.3 Å². The largest absolute Gasteiger partial charge is 0.493 e. The van der Waals surface area contributed by atoms with E-state index in [4.69, 9.17) is 18.9 Å². The number of oxazole rings is 1. The number of hydrogen-bond donors (Lipinski definition) is 0. The van der Waals surface area contributed by atoms with Gasteiger partial charge in [-0.1, -0.05) is 18.6 Å². The van der Waals surface area contributed by atoms with Crippen molar-refractivity contribution in [3.63, 3.8) is 0 Å². The third-order valence-electron chi connectivity index (χ3n) is 4.77. The Morgan fingerprint density at radius 1 is 1.28 bits per heavy atom. The number of benzene rings is 1. The molecule has 0 N–H and O–H groups in total. The SMILES string of the molecule is CCOc1ccccc1-c1nc(CN2CCCC[C@@H]2COC)c(C)o1. The first-order valence-corrected chi connectivity index (χ1v) is 9.14. The number of piperidine rings is 1. The van der Waals surface area contributed by atoms with Crippen molar-refractivity contribution in [1.82, 2.24) is 9.88 Å². The fourth-order valence-electron chi connectivity index (χ4n) is 3.46. The van der Waals surface area contributed by atoms with Gasteiger partial charge in [-0.2, -0.15) is 0 Å². The molecule has 1 fully saturated rings. The number of aromatic nitrogens is 1. The molecule has 1 atom stereocenters. The number of rotatable bonds is 7. The highest BCUT2D eigenvalue weighted by molar-refractivity contribution is 5.63. The first-order chi connectivity index (χ1) is 12.2. The molecule has 2 heterocycles. The summed E-state index contributed by atoms with van der Waals surface area (Å²) >= 11 is 0. The minimum atomic E-state index is 0.467. The van der Waals surface area contributed by atoms with Gasteiger partial charge in [0, 0.05) is 19.7 Å². The van der Waals surface area contributed by atoms with Gasteiger partial charge in [-0.3, -0.25) is 4.90 Å². The second-order valence-corrected chi connectivity index (χ2v) is 6.53. The van der Waals surface area contributed by atoms with Gasteiger partial charge in [-0.05, 0) is 45.4 Å². The molecule has 3 rings (SSSR count). The summed E-state index contributed by atoms with van der Waals surface area (Å²) in [4.78, 5) is 7.25. The Labute approximate surface area is 149 Å². The normalized spacial score (nSPS) is 18.4. The van der Waals surface area contributed by atoms with Gasteiger partial charge in [0.1, 0.15) is 11.5 Å². The van der Waals surface area contributed by atoms with Crippen LogP contribution >= 0.6 is 0 Å². The number of hydrogen-bond acceptors (Lipinski definition) is 5. The van der Waals surface area contributed by atoms with E-state index in [1.807, 2.05) is 38.1 Å². The quantitative estimate of drug-likeness (QED) is 0.758. The first kappa shape index (κ1) is 18.0. The molecule has 0 amide bonds. The summed E-state index contributed by atoms with van der Waals surface area (Å²) in [5, 5.41) is 0. The highest BCUT2D eigenvalue weighted by Gasteiger charge is 2.25. The van der Waals surface area contributed by atoms with Crippen LogP contribution in [0.1, 0.15) is 37.6 Å². The summed E-state index contributed by atoms with van der Waals surface area (Å²) in [5.41, 5.74) is 1.91. The average molecular weight is 344 g/mol. The topological polar surface area (TPSA) is 47.7 Å². The van der Waals surface area contributed by atoms with Gasteiger partial charge in [-0.15, -0.1) is 0 Å². The maximum Gasteiger partial charge on any atom is 0.230 e. The van der Waals surface area contributed by atoms with E-state index in [1.54, 1.807) is 7.11 Å². The zero-order valence-corrected chi connectivity index (χ0v) is 15.5. The number of para-hydroxylation sites is 1. The second kappa shape index (κ2) is 8.50. The molecule has 5 heteroatoms. The average Bonchev–Trinajstić information content (AvgIpc) is 2.98. The summed E-state index contributed by atoms with van der Waals surface area (Å²) in [6, 6.07) is 8.37. The third-order valence-corrected chi connectivity index (χ3v) is 4.77. The predicted octanol–water partition coefficient (Wildman–Crippen LogP) is 4.05. The molecule has 2 aromatic rings. The molecule has 5 nitrogen and oxygen atoms in total. The monoisotopic (exact) mass is 344 g/mol. The van der Waals surface area contributed by atoms with Crippen LogP contribution in [0.2, 0.25) is 0 Å². The summed E-state index contributed by atoms with van der Waals surface area (Å²) in [7, 11) is 1.77. The molecule has 25 heavy (non-hydrogen) atoms. The van der Waals surface area contributed by atoms with E-state index in [9.17, 15) is 0 Å². The Hall–Kier alpha value is -1.85. The third kappa shape index (κ3) is 4.22. The maximum atomic E-state index is 5.98. The number of methoxy groups -OCH3 is 1. The van der Waals surface area contributed by atoms with Crippen LogP contribution in [-0.2, 0) is 11.3 Å². The Balaban J connectivity index is 1.81. The molecule has 0 spiro atoms. The molecular formula is C20H28N2O3. The Morgan fingerprint density at radius 3 is 2.92 bits per heavy atom. The highest BCUT2D eigenvalue weighted by atomic mass is 16.5. The Bertz CT molecular complexity index is 681. The molecule has 0 bridgehead atoms. The Morgan fingerprint density at radius 2 is 2.12 bits per heavy atom. The van der Waals surface area contributed by atoms with E-state index in [0.29, 0.717) is 18.5 Å². The predicted molar refractivity (Wildman–Crippen MR) is 97.8 cm³/mol. The van der Waals surface area contributed by atoms with Crippen LogP contribution in [0.25, 0.3) is 11.5 Å². The fourth-order valence-corrected chi connectivity index (χ4v) is 3.46. The van der Waals surface area contributed by atoms with Gasteiger partial charge < -0.3 is 13.9 Å². The lowest BCUT2D eigenvalue weighted by Gasteiger charge is -2.34. The molecule has 0 radical (unpaired) electrons. The van der Waals surface area contributed by atoms with Crippen LogP contribution in [0.4, 0.5) is 0 Å². The zero-order chi connectivity index (χ0) is 17.6. The van der Waals surface area contributed by atoms with E-state index in [0.717, 1.165) is 42.5 Å². The lowest BCUT2D eigenvalue weighted by molar-refractivity contribution is 0.0590. The molecular weight excluding hydrogens is 316 g/mol. The van der Waals surface area contributed by atoms with Crippen LogP contribution < -0.4 is 4.74 Å². The zero-order valence-electron chi connectivity index (χ0n) is 15.5. The highest BCUT2D eigenvalue weighted by Crippen LogP contribution is 2.31. The molecule has 1 aromatic heterocycles. The van der Waals surface area contributed by atoms with E-state index < -0.39 is 0 Å². The lowest BCUT2D eigenvalue weighted by Crippen LogP contribution is -2.41. The standard InChI is InChI=1S/C20H28N2O3/c1-4-24-19-11-6-5-10-17(19)20-21-18(15(2)25-20)13-22-12-8-7-9-16(22)14-23-3/h5-6,10-11,16H,4,7-9,12-14H2,1-3H3/t16-/m1/s1. The summed E-state index contributed by atoms with van der Waals surface area (Å²) in [6.07, 6.45) is 3.69. The number of aryl methyl sites for hydroxylation is 1. The van der Waals surface area contributed by atoms with Gasteiger partial charge in [0.25, 0.3) is 0 Å². The van der Waals surface area contributed by atoms with Crippen molar-refractivity contribution in [2.24, 2.45) is 0 Å². The van der Waals surface area contributed by atoms with Crippen molar-refractivity contribution < 1.29 is 13.9 Å². The van der Waals surface area contributed by atoms with Crippen molar-refractivity contribution in [2.75, 3.05) is 26.9 Å². The molecule has 1 saturated heterocycles. The van der Waals surface area contributed by atoms with E-state index in [2.05, 4.69) is 4.90 Å². The maximum absolute atomic E-state index is 5.98. The van der Waals surface area contributed by atoms with Crippen molar-refractivity contribution in [1.29, 1.82) is 0 Å². The molecule has 1 aliphatic rings. The molecule has 1 aromatic carbocycles. The minimum Gasteiger partial charge on any atom is -0.493 e. The van der Waals surface area contributed by atoms with Gasteiger partial charge in [0.15, 0.2) is 0 Å². The van der Waals surface area contributed by atoms with Crippen LogP contribution in [0.3, 0.4) is 0 Å². The van der Waals surface area contributed by atoms with Gasteiger partial charge >= 0.3 is 0 Å². The Kier molecular flexibility index (Phi) is 6.10. The number of ether oxygens (including phenoxy) is 2. The van der Waals surface area contributed by atoms with Crippen molar-refractivity contribution in [2.45, 2.75) is 45.7 Å². The van der Waals surface area contributed by atoms with E-state index in [-0.39, 0.29) is 0 Å². The number of likely N-dealkylation sites (tertiary alicyclic amines) is 1. The molecule has 0 aliphatic carbocycles. The first-order valence-electron chi connectivity index (χ1n) is 9.14. The molecule has 1 aliphatic heterocycles. The van der Waals surface area contributed by atoms with Crippen molar-refractivity contribution in [3.05, 3.63) is 35.7 Å². The summed E-state index contributed by atoms with van der Waals surface area (Å²) in [6.45, 7) is 7.26. The van der Waals surface area contributed by atoms with Crippen LogP contribution in [-0.4, -0.2) is 42.8 Å². The van der Waals surface area contributed by atoms with Gasteiger partial charge in [-0.25, -0.2) is 4.98 Å². The number of nitrogens with zero attached hydrogens (tertiary/aromatic N) is 2. The second-order valence-electron chi connectivity index (χ2n) is 6.53. The smallest absolute Gasteiger partial charge is 0.230 e. The van der Waals surface area contributed by atoms with Crippen molar-refractivity contribution in [3.8, 4) is 17.2 Å².